The van der Waals surface area contributed by atoms with Crippen molar-refractivity contribution in [1.82, 2.24) is 4.98 Å². The first-order valence-corrected chi connectivity index (χ1v) is 6.15. The third-order valence-electron chi connectivity index (χ3n) is 2.44. The van der Waals surface area contributed by atoms with Crippen LogP contribution < -0.4 is 11.1 Å². The van der Waals surface area contributed by atoms with Crippen molar-refractivity contribution in [2.75, 3.05) is 11.1 Å². The number of benzene rings is 1. The number of carbonyl (C=O) groups excluding carboxylic acids is 1. The molecule has 5 heteroatoms. The van der Waals surface area contributed by atoms with Crippen LogP contribution in [0.15, 0.2) is 40.9 Å². The summed E-state index contributed by atoms with van der Waals surface area (Å²) >= 11 is 3.38. The molecule has 1 aromatic carbocycles. The van der Waals surface area contributed by atoms with Gasteiger partial charge in [0.25, 0.3) is 5.91 Å². The number of anilines is 2. The van der Waals surface area contributed by atoms with Crippen LogP contribution >= 0.6 is 15.9 Å². The minimum Gasteiger partial charge on any atom is -0.384 e. The Hall–Kier alpha value is -1.88. The number of nitrogens with one attached hydrogen (secondary N) is 1. The van der Waals surface area contributed by atoms with Crippen molar-refractivity contribution in [3.63, 3.8) is 0 Å². The molecule has 0 saturated heterocycles. The zero-order valence-electron chi connectivity index (χ0n) is 9.77. The van der Waals surface area contributed by atoms with E-state index in [-0.39, 0.29) is 5.91 Å². The molecule has 1 heterocycles. The Morgan fingerprint density at radius 1 is 1.33 bits per heavy atom. The molecule has 0 atom stereocenters. The molecule has 0 unspecified atom stereocenters. The number of hydrogen-bond donors (Lipinski definition) is 2. The minimum atomic E-state index is -0.271. The summed E-state index contributed by atoms with van der Waals surface area (Å²) in [5, 5.41) is 2.80. The lowest BCUT2D eigenvalue weighted by atomic mass is 10.2. The second-order valence-corrected chi connectivity index (χ2v) is 4.78. The number of aromatic nitrogens is 1. The Balaban J connectivity index is 2.21. The Morgan fingerprint density at radius 2 is 2.11 bits per heavy atom. The van der Waals surface area contributed by atoms with E-state index in [9.17, 15) is 4.79 Å². The lowest BCUT2D eigenvalue weighted by Crippen LogP contribution is -2.14. The minimum absolute atomic E-state index is 0.271. The predicted octanol–water partition coefficient (Wildman–Crippen LogP) is 2.99. The van der Waals surface area contributed by atoms with Gasteiger partial charge < -0.3 is 11.1 Å². The smallest absolute Gasteiger partial charge is 0.274 e. The zero-order chi connectivity index (χ0) is 13.1. The van der Waals surface area contributed by atoms with E-state index in [1.54, 1.807) is 18.2 Å². The van der Waals surface area contributed by atoms with Gasteiger partial charge in [0.15, 0.2) is 0 Å². The van der Waals surface area contributed by atoms with Gasteiger partial charge in [0.2, 0.25) is 0 Å². The van der Waals surface area contributed by atoms with Crippen LogP contribution in [0.1, 0.15) is 16.1 Å². The van der Waals surface area contributed by atoms with Gasteiger partial charge in [-0.2, -0.15) is 0 Å². The molecule has 0 fully saturated rings. The van der Waals surface area contributed by atoms with Crippen LogP contribution in [0.4, 0.5) is 11.5 Å². The Labute approximate surface area is 113 Å². The van der Waals surface area contributed by atoms with E-state index < -0.39 is 0 Å². The largest absolute Gasteiger partial charge is 0.384 e. The molecule has 3 N–H and O–H groups in total. The zero-order valence-corrected chi connectivity index (χ0v) is 11.4. The first kappa shape index (κ1) is 12.6. The van der Waals surface area contributed by atoms with Crippen LogP contribution in [0, 0.1) is 6.92 Å². The Bertz CT molecular complexity index is 599. The number of amides is 1. The van der Waals surface area contributed by atoms with E-state index in [4.69, 9.17) is 5.73 Å². The van der Waals surface area contributed by atoms with E-state index in [0.29, 0.717) is 11.5 Å². The maximum atomic E-state index is 12.0. The summed E-state index contributed by atoms with van der Waals surface area (Å²) in [5.41, 5.74) is 7.58. The topological polar surface area (TPSA) is 68.0 Å². The average Bonchev–Trinajstić information content (AvgIpc) is 2.32. The quantitative estimate of drug-likeness (QED) is 0.896. The normalized spacial score (nSPS) is 10.1. The fraction of sp³-hybridized carbons (Fsp3) is 0.0769. The number of aryl methyl sites for hydroxylation is 1. The van der Waals surface area contributed by atoms with Crippen LogP contribution in [0.2, 0.25) is 0 Å². The second kappa shape index (κ2) is 5.18. The Morgan fingerprint density at radius 3 is 2.78 bits per heavy atom. The molecular weight excluding hydrogens is 294 g/mol. The molecule has 0 aliphatic heterocycles. The van der Waals surface area contributed by atoms with Gasteiger partial charge >= 0.3 is 0 Å². The summed E-state index contributed by atoms with van der Waals surface area (Å²) in [6, 6.07) is 10.6. The monoisotopic (exact) mass is 305 g/mol. The summed E-state index contributed by atoms with van der Waals surface area (Å²) in [6.45, 7) is 1.92. The number of halogens is 1. The number of nitrogen functional groups attached to an aromatic ring is 1. The third kappa shape index (κ3) is 2.87. The first-order valence-electron chi connectivity index (χ1n) is 5.36. The number of carbonyl (C=O) groups is 1. The number of nitrogens with zero attached hydrogens (tertiary/aromatic N) is 1. The molecule has 1 aromatic heterocycles. The van der Waals surface area contributed by atoms with Gasteiger partial charge in [0, 0.05) is 10.2 Å². The van der Waals surface area contributed by atoms with Crippen LogP contribution in [0.5, 0.6) is 0 Å². The molecule has 0 aliphatic rings. The van der Waals surface area contributed by atoms with Crippen LogP contribution in [0.25, 0.3) is 0 Å². The van der Waals surface area contributed by atoms with Crippen molar-refractivity contribution in [1.29, 1.82) is 0 Å². The highest BCUT2D eigenvalue weighted by Crippen LogP contribution is 2.20. The van der Waals surface area contributed by atoms with Gasteiger partial charge in [0.05, 0.1) is 0 Å². The molecule has 92 valence electrons. The molecule has 18 heavy (non-hydrogen) atoms. The third-order valence-corrected chi connectivity index (χ3v) is 2.93. The van der Waals surface area contributed by atoms with E-state index >= 15 is 0 Å². The molecule has 0 saturated carbocycles. The predicted molar refractivity (Wildman–Crippen MR) is 75.5 cm³/mol. The molecule has 4 nitrogen and oxygen atoms in total. The van der Waals surface area contributed by atoms with Crippen molar-refractivity contribution >= 4 is 33.3 Å². The van der Waals surface area contributed by atoms with Crippen molar-refractivity contribution in [2.24, 2.45) is 0 Å². The maximum absolute atomic E-state index is 12.0. The van der Waals surface area contributed by atoms with Crippen LogP contribution in [-0.4, -0.2) is 10.9 Å². The van der Waals surface area contributed by atoms with Crippen LogP contribution in [-0.2, 0) is 0 Å². The molecule has 2 rings (SSSR count). The van der Waals surface area contributed by atoms with Gasteiger partial charge in [-0.1, -0.05) is 22.0 Å². The van der Waals surface area contributed by atoms with Crippen molar-refractivity contribution in [3.8, 4) is 0 Å². The number of rotatable bonds is 2. The van der Waals surface area contributed by atoms with Gasteiger partial charge in [-0.25, -0.2) is 4.98 Å². The van der Waals surface area contributed by atoms with Gasteiger partial charge in [0.1, 0.15) is 11.5 Å². The summed E-state index contributed by atoms with van der Waals surface area (Å²) in [5.74, 6) is 0.0582. The van der Waals surface area contributed by atoms with Crippen molar-refractivity contribution in [3.05, 3.63) is 52.1 Å². The molecule has 0 spiro atoms. The lowest BCUT2D eigenvalue weighted by Gasteiger charge is -2.08. The highest BCUT2D eigenvalue weighted by Gasteiger charge is 2.09. The summed E-state index contributed by atoms with van der Waals surface area (Å²) in [6.07, 6.45) is 0. The lowest BCUT2D eigenvalue weighted by molar-refractivity contribution is 0.102. The second-order valence-electron chi connectivity index (χ2n) is 3.86. The van der Waals surface area contributed by atoms with E-state index in [1.165, 1.54) is 0 Å². The molecule has 0 bridgehead atoms. The fourth-order valence-electron chi connectivity index (χ4n) is 1.53. The first-order chi connectivity index (χ1) is 8.56. The fourth-order valence-corrected chi connectivity index (χ4v) is 2.01. The van der Waals surface area contributed by atoms with Gasteiger partial charge in [-0.15, -0.1) is 0 Å². The van der Waals surface area contributed by atoms with Crippen LogP contribution in [0.3, 0.4) is 0 Å². The Kier molecular flexibility index (Phi) is 3.62. The average molecular weight is 306 g/mol. The number of hydrogen-bond acceptors (Lipinski definition) is 3. The number of nitrogens with two attached hydrogens (primary N) is 1. The summed E-state index contributed by atoms with van der Waals surface area (Å²) in [7, 11) is 0. The molecule has 0 radical (unpaired) electrons. The van der Waals surface area contributed by atoms with Gasteiger partial charge in [-0.3, -0.25) is 4.79 Å². The highest BCUT2D eigenvalue weighted by atomic mass is 79.9. The summed E-state index contributed by atoms with van der Waals surface area (Å²) in [4.78, 5) is 15.9. The SMILES string of the molecule is Cc1cc(Br)ccc1NC(=O)c1cccc(N)n1. The van der Waals surface area contributed by atoms with E-state index in [1.807, 2.05) is 25.1 Å². The van der Waals surface area contributed by atoms with Crippen molar-refractivity contribution < 1.29 is 4.79 Å². The summed E-state index contributed by atoms with van der Waals surface area (Å²) < 4.78 is 0.972. The maximum Gasteiger partial charge on any atom is 0.274 e. The molecule has 0 aliphatic carbocycles. The standard InChI is InChI=1S/C13H12BrN3O/c1-8-7-9(14)5-6-10(8)17-13(18)11-3-2-4-12(15)16-11/h2-7H,1H3,(H2,15,16)(H,17,18). The van der Waals surface area contributed by atoms with E-state index in [2.05, 4.69) is 26.2 Å². The number of pyridine rings is 1. The van der Waals surface area contributed by atoms with Crippen molar-refractivity contribution in [2.45, 2.75) is 6.92 Å². The molecular formula is C13H12BrN3O. The highest BCUT2D eigenvalue weighted by molar-refractivity contribution is 9.10. The van der Waals surface area contributed by atoms with Gasteiger partial charge in [-0.05, 0) is 42.8 Å². The molecule has 2 aromatic rings. The van der Waals surface area contributed by atoms with E-state index in [0.717, 1.165) is 15.7 Å². The molecule has 1 amide bonds.